The van der Waals surface area contributed by atoms with Crippen LogP contribution in [-0.4, -0.2) is 39.5 Å². The number of amides is 1. The average molecular weight is 250 g/mol. The highest BCUT2D eigenvalue weighted by molar-refractivity contribution is 5.76. The number of hydrogen-bond donors (Lipinski definition) is 1. The minimum atomic E-state index is 0.121. The van der Waals surface area contributed by atoms with Gasteiger partial charge in [0.2, 0.25) is 5.91 Å². The number of imidazole rings is 1. The molecular formula is C13H22N4O. The molecule has 1 aromatic heterocycles. The van der Waals surface area contributed by atoms with Crippen LogP contribution in [0.15, 0.2) is 12.4 Å². The van der Waals surface area contributed by atoms with Crippen molar-refractivity contribution in [3.63, 3.8) is 0 Å². The molecule has 1 heterocycles. The van der Waals surface area contributed by atoms with Gasteiger partial charge < -0.3 is 14.8 Å². The van der Waals surface area contributed by atoms with Gasteiger partial charge in [-0.2, -0.15) is 0 Å². The number of likely N-dealkylation sites (N-methyl/N-ethyl adjacent to an activating group) is 1. The van der Waals surface area contributed by atoms with Gasteiger partial charge in [0.1, 0.15) is 12.4 Å². The molecule has 1 aliphatic rings. The van der Waals surface area contributed by atoms with E-state index in [1.165, 1.54) is 12.8 Å². The number of carbonyl (C=O) groups is 1. The van der Waals surface area contributed by atoms with E-state index < -0.39 is 0 Å². The summed E-state index contributed by atoms with van der Waals surface area (Å²) in [5.41, 5.74) is 0. The molecular weight excluding hydrogens is 228 g/mol. The van der Waals surface area contributed by atoms with E-state index >= 15 is 0 Å². The van der Waals surface area contributed by atoms with E-state index in [1.54, 1.807) is 11.1 Å². The smallest absolute Gasteiger partial charge is 0.242 e. The molecule has 1 saturated carbocycles. The van der Waals surface area contributed by atoms with Gasteiger partial charge in [-0.15, -0.1) is 0 Å². The Morgan fingerprint density at radius 2 is 2.33 bits per heavy atom. The molecule has 0 saturated heterocycles. The topological polar surface area (TPSA) is 50.2 Å². The molecule has 0 unspecified atom stereocenters. The number of nitrogens with one attached hydrogen (secondary N) is 1. The normalized spacial score (nSPS) is 15.1. The van der Waals surface area contributed by atoms with Gasteiger partial charge in [0, 0.05) is 31.5 Å². The third kappa shape index (κ3) is 3.32. The van der Waals surface area contributed by atoms with Crippen LogP contribution in [0.2, 0.25) is 0 Å². The Morgan fingerprint density at radius 3 is 2.94 bits per heavy atom. The highest BCUT2D eigenvalue weighted by Gasteiger charge is 2.21. The lowest BCUT2D eigenvalue weighted by molar-refractivity contribution is -0.132. The van der Waals surface area contributed by atoms with Crippen molar-refractivity contribution in [1.29, 1.82) is 0 Å². The molecule has 0 bridgehead atoms. The van der Waals surface area contributed by atoms with Crippen molar-refractivity contribution in [2.24, 2.45) is 0 Å². The van der Waals surface area contributed by atoms with Crippen molar-refractivity contribution >= 4 is 5.91 Å². The third-order valence-electron chi connectivity index (χ3n) is 3.40. The highest BCUT2D eigenvalue weighted by Crippen LogP contribution is 2.19. The molecule has 18 heavy (non-hydrogen) atoms. The second-order valence-corrected chi connectivity index (χ2v) is 5.22. The Labute approximate surface area is 108 Å². The van der Waals surface area contributed by atoms with Crippen LogP contribution in [0.1, 0.15) is 32.5 Å². The fourth-order valence-electron chi connectivity index (χ4n) is 1.72. The zero-order valence-electron chi connectivity index (χ0n) is 11.4. The minimum absolute atomic E-state index is 0.121. The molecule has 0 spiro atoms. The molecule has 100 valence electrons. The molecule has 0 atom stereocenters. The Kier molecular flexibility index (Phi) is 4.01. The predicted octanol–water partition coefficient (Wildman–Crippen LogP) is 1.00. The summed E-state index contributed by atoms with van der Waals surface area (Å²) >= 11 is 0. The number of rotatable bonds is 6. The summed E-state index contributed by atoms with van der Waals surface area (Å²) in [5.74, 6) is 1.06. The third-order valence-corrected chi connectivity index (χ3v) is 3.40. The largest absolute Gasteiger partial charge is 0.342 e. The van der Waals surface area contributed by atoms with Crippen LogP contribution in [0.25, 0.3) is 0 Å². The van der Waals surface area contributed by atoms with E-state index in [9.17, 15) is 4.79 Å². The number of hydrogen-bond acceptors (Lipinski definition) is 3. The first kappa shape index (κ1) is 13.1. The maximum Gasteiger partial charge on any atom is 0.242 e. The van der Waals surface area contributed by atoms with Crippen molar-refractivity contribution in [3.8, 4) is 0 Å². The number of aromatic nitrogens is 2. The summed E-state index contributed by atoms with van der Waals surface area (Å²) in [5, 5.41) is 3.42. The van der Waals surface area contributed by atoms with Crippen LogP contribution in [0.5, 0.6) is 0 Å². The predicted molar refractivity (Wildman–Crippen MR) is 70.0 cm³/mol. The second kappa shape index (κ2) is 5.52. The first-order valence-electron chi connectivity index (χ1n) is 6.57. The van der Waals surface area contributed by atoms with Gasteiger partial charge in [-0.25, -0.2) is 4.98 Å². The molecule has 2 rings (SSSR count). The Bertz CT molecular complexity index is 409. The Morgan fingerprint density at radius 1 is 1.61 bits per heavy atom. The lowest BCUT2D eigenvalue weighted by atomic mass is 10.3. The van der Waals surface area contributed by atoms with Gasteiger partial charge in [0.25, 0.3) is 0 Å². The molecule has 1 fully saturated rings. The minimum Gasteiger partial charge on any atom is -0.342 e. The van der Waals surface area contributed by atoms with Gasteiger partial charge >= 0.3 is 0 Å². The van der Waals surface area contributed by atoms with Gasteiger partial charge in [-0.05, 0) is 26.7 Å². The van der Waals surface area contributed by atoms with Crippen LogP contribution < -0.4 is 5.32 Å². The van der Waals surface area contributed by atoms with Crippen molar-refractivity contribution < 1.29 is 4.79 Å². The molecule has 1 aromatic rings. The lowest BCUT2D eigenvalue weighted by Gasteiger charge is -2.22. The summed E-state index contributed by atoms with van der Waals surface area (Å²) in [6.45, 7) is 5.15. The summed E-state index contributed by atoms with van der Waals surface area (Å²) in [6, 6.07) is 0.887. The zero-order valence-corrected chi connectivity index (χ0v) is 11.4. The fraction of sp³-hybridized carbons (Fsp3) is 0.692. The molecule has 0 aliphatic heterocycles. The standard InChI is InChI=1S/C13H22N4O/c1-10(2)16(3)13(18)9-17-7-6-14-12(17)8-15-11-4-5-11/h6-7,10-11,15H,4-5,8-9H2,1-3H3. The highest BCUT2D eigenvalue weighted by atomic mass is 16.2. The average Bonchev–Trinajstić information content (AvgIpc) is 3.06. The van der Waals surface area contributed by atoms with Crippen LogP contribution in [0.4, 0.5) is 0 Å². The molecule has 1 N–H and O–H groups in total. The van der Waals surface area contributed by atoms with Gasteiger partial charge in [-0.3, -0.25) is 4.79 Å². The summed E-state index contributed by atoms with van der Waals surface area (Å²) in [6.07, 6.45) is 6.15. The quantitative estimate of drug-likeness (QED) is 0.819. The summed E-state index contributed by atoms with van der Waals surface area (Å²) in [4.78, 5) is 18.1. The van der Waals surface area contributed by atoms with Crippen LogP contribution >= 0.6 is 0 Å². The van der Waals surface area contributed by atoms with Crippen molar-refractivity contribution in [2.75, 3.05) is 7.05 Å². The second-order valence-electron chi connectivity index (χ2n) is 5.22. The van der Waals surface area contributed by atoms with Crippen molar-refractivity contribution in [3.05, 3.63) is 18.2 Å². The van der Waals surface area contributed by atoms with Crippen molar-refractivity contribution in [2.45, 2.75) is 51.9 Å². The van der Waals surface area contributed by atoms with Gasteiger partial charge in [0.05, 0.1) is 6.54 Å². The lowest BCUT2D eigenvalue weighted by Crippen LogP contribution is -2.36. The number of nitrogens with zero attached hydrogens (tertiary/aromatic N) is 3. The van der Waals surface area contributed by atoms with Crippen molar-refractivity contribution in [1.82, 2.24) is 19.8 Å². The van der Waals surface area contributed by atoms with Gasteiger partial charge in [0.15, 0.2) is 0 Å². The first-order chi connectivity index (χ1) is 8.58. The van der Waals surface area contributed by atoms with E-state index in [2.05, 4.69) is 10.3 Å². The van der Waals surface area contributed by atoms with Crippen LogP contribution in [-0.2, 0) is 17.9 Å². The van der Waals surface area contributed by atoms with E-state index in [0.29, 0.717) is 12.6 Å². The first-order valence-corrected chi connectivity index (χ1v) is 6.57. The maximum atomic E-state index is 12.0. The van der Waals surface area contributed by atoms with Crippen LogP contribution in [0, 0.1) is 0 Å². The molecule has 0 radical (unpaired) electrons. The Balaban J connectivity index is 1.91. The monoisotopic (exact) mass is 250 g/mol. The van der Waals surface area contributed by atoms with E-state index in [-0.39, 0.29) is 11.9 Å². The Hall–Kier alpha value is -1.36. The summed E-state index contributed by atoms with van der Waals surface area (Å²) in [7, 11) is 1.84. The van der Waals surface area contributed by atoms with E-state index in [4.69, 9.17) is 0 Å². The SMILES string of the molecule is CC(C)N(C)C(=O)Cn1ccnc1CNC1CC1. The fourth-order valence-corrected chi connectivity index (χ4v) is 1.72. The van der Waals surface area contributed by atoms with E-state index in [1.807, 2.05) is 31.7 Å². The van der Waals surface area contributed by atoms with Gasteiger partial charge in [-0.1, -0.05) is 0 Å². The molecule has 0 aromatic carbocycles. The van der Waals surface area contributed by atoms with E-state index in [0.717, 1.165) is 12.4 Å². The van der Waals surface area contributed by atoms with Crippen LogP contribution in [0.3, 0.4) is 0 Å². The molecule has 1 aliphatic carbocycles. The summed E-state index contributed by atoms with van der Waals surface area (Å²) < 4.78 is 1.93. The zero-order chi connectivity index (χ0) is 13.1. The molecule has 1 amide bonds. The number of carbonyl (C=O) groups excluding carboxylic acids is 1. The maximum absolute atomic E-state index is 12.0. The molecule has 5 nitrogen and oxygen atoms in total. The molecule has 5 heteroatoms.